The van der Waals surface area contributed by atoms with Gasteiger partial charge < -0.3 is 10.5 Å². The number of hydrogen-bond acceptors (Lipinski definition) is 5. The number of hydrogen-bond donors (Lipinski definition) is 1. The van der Waals surface area contributed by atoms with Gasteiger partial charge in [-0.2, -0.15) is 0 Å². The van der Waals surface area contributed by atoms with Crippen molar-refractivity contribution in [2.45, 2.75) is 11.3 Å². The topological polar surface area (TPSA) is 72.6 Å². The molecule has 0 saturated heterocycles. The molecule has 7 heteroatoms. The molecule has 0 bridgehead atoms. The Morgan fingerprint density at radius 3 is 3.00 bits per heavy atom. The standard InChI is InChI=1S/C12H18N2O3S2/c1-17-6-2-8-19(15,16)14-5-7-18-12-4-3-10(13)9-11(12)14/h3-4,9H,2,5-8,13H2,1H3. The van der Waals surface area contributed by atoms with Crippen LogP contribution >= 0.6 is 11.8 Å². The van der Waals surface area contributed by atoms with E-state index in [4.69, 9.17) is 10.5 Å². The molecular formula is C12H18N2O3S2. The zero-order valence-electron chi connectivity index (χ0n) is 10.8. The first-order chi connectivity index (χ1) is 9.04. The van der Waals surface area contributed by atoms with Crippen LogP contribution < -0.4 is 10.0 Å². The fourth-order valence-corrected chi connectivity index (χ4v) is 4.67. The number of rotatable bonds is 5. The van der Waals surface area contributed by atoms with Crippen molar-refractivity contribution >= 4 is 33.2 Å². The lowest BCUT2D eigenvalue weighted by Gasteiger charge is -2.30. The van der Waals surface area contributed by atoms with Crippen molar-refractivity contribution in [2.24, 2.45) is 0 Å². The van der Waals surface area contributed by atoms with Crippen LogP contribution in [0.15, 0.2) is 23.1 Å². The Morgan fingerprint density at radius 2 is 2.26 bits per heavy atom. The van der Waals surface area contributed by atoms with Crippen LogP contribution in [0.25, 0.3) is 0 Å². The predicted molar refractivity (Wildman–Crippen MR) is 79.2 cm³/mol. The second kappa shape index (κ2) is 6.02. The van der Waals surface area contributed by atoms with Crippen LogP contribution in [0.4, 0.5) is 11.4 Å². The van der Waals surface area contributed by atoms with Crippen molar-refractivity contribution in [2.75, 3.05) is 41.8 Å². The molecule has 0 saturated carbocycles. The summed E-state index contributed by atoms with van der Waals surface area (Å²) in [5.74, 6) is 0.861. The molecule has 0 amide bonds. The van der Waals surface area contributed by atoms with Crippen molar-refractivity contribution in [1.29, 1.82) is 0 Å². The van der Waals surface area contributed by atoms with Crippen LogP contribution in [0.2, 0.25) is 0 Å². The highest BCUT2D eigenvalue weighted by Crippen LogP contribution is 2.37. The van der Waals surface area contributed by atoms with Gasteiger partial charge in [0.25, 0.3) is 0 Å². The van der Waals surface area contributed by atoms with Crippen molar-refractivity contribution in [3.05, 3.63) is 18.2 Å². The zero-order chi connectivity index (χ0) is 13.9. The Hall–Kier alpha value is -0.920. The Morgan fingerprint density at radius 1 is 1.47 bits per heavy atom. The van der Waals surface area contributed by atoms with Crippen LogP contribution in [0, 0.1) is 0 Å². The lowest BCUT2D eigenvalue weighted by Crippen LogP contribution is -2.37. The van der Waals surface area contributed by atoms with Gasteiger partial charge in [0.05, 0.1) is 11.4 Å². The highest BCUT2D eigenvalue weighted by molar-refractivity contribution is 8.00. The lowest BCUT2D eigenvalue weighted by molar-refractivity contribution is 0.199. The minimum absolute atomic E-state index is 0.0970. The van der Waals surface area contributed by atoms with Crippen LogP contribution in [0.5, 0.6) is 0 Å². The molecule has 1 aromatic carbocycles. The number of methoxy groups -OCH3 is 1. The van der Waals surface area contributed by atoms with E-state index in [0.29, 0.717) is 30.9 Å². The highest BCUT2D eigenvalue weighted by atomic mass is 32.2. The molecule has 0 radical (unpaired) electrons. The molecule has 1 heterocycles. The van der Waals surface area contributed by atoms with Gasteiger partial charge >= 0.3 is 0 Å². The third-order valence-electron chi connectivity index (χ3n) is 2.89. The summed E-state index contributed by atoms with van der Waals surface area (Å²) in [6.45, 7) is 0.946. The third-order valence-corrected chi connectivity index (χ3v) is 5.79. The molecule has 0 aromatic heterocycles. The van der Waals surface area contributed by atoms with Crippen LogP contribution in [-0.4, -0.2) is 40.2 Å². The maximum absolute atomic E-state index is 12.4. The number of fused-ring (bicyclic) bond motifs is 1. The van der Waals surface area contributed by atoms with Crippen molar-refractivity contribution < 1.29 is 13.2 Å². The number of sulfonamides is 1. The van der Waals surface area contributed by atoms with E-state index in [1.54, 1.807) is 31.0 Å². The largest absolute Gasteiger partial charge is 0.399 e. The zero-order valence-corrected chi connectivity index (χ0v) is 12.5. The predicted octanol–water partition coefficient (Wildman–Crippen LogP) is 1.55. The lowest BCUT2D eigenvalue weighted by atomic mass is 10.3. The molecule has 0 fully saturated rings. The number of ether oxygens (including phenoxy) is 1. The monoisotopic (exact) mass is 302 g/mol. The Labute approximate surface area is 118 Å². The second-order valence-corrected chi connectivity index (χ2v) is 7.46. The number of nitrogens with two attached hydrogens (primary N) is 1. The summed E-state index contributed by atoms with van der Waals surface area (Å²) in [7, 11) is -1.73. The molecule has 2 N–H and O–H groups in total. The number of benzene rings is 1. The molecule has 0 aliphatic carbocycles. The minimum Gasteiger partial charge on any atom is -0.399 e. The number of thioether (sulfide) groups is 1. The third kappa shape index (κ3) is 3.34. The van der Waals surface area contributed by atoms with Gasteiger partial charge in [0.1, 0.15) is 0 Å². The van der Waals surface area contributed by atoms with Crippen LogP contribution in [0.3, 0.4) is 0 Å². The summed E-state index contributed by atoms with van der Waals surface area (Å²) < 4.78 is 31.1. The molecule has 0 atom stereocenters. The van der Waals surface area contributed by atoms with Gasteiger partial charge in [-0.25, -0.2) is 8.42 Å². The fourth-order valence-electron chi connectivity index (χ4n) is 2.00. The fraction of sp³-hybridized carbons (Fsp3) is 0.500. The first kappa shape index (κ1) is 14.5. The second-order valence-electron chi connectivity index (χ2n) is 4.31. The van der Waals surface area contributed by atoms with Gasteiger partial charge in [0.2, 0.25) is 10.0 Å². The summed E-state index contributed by atoms with van der Waals surface area (Å²) in [5, 5.41) is 0. The first-order valence-corrected chi connectivity index (χ1v) is 8.66. The molecular weight excluding hydrogens is 284 g/mol. The number of nitrogens with zero attached hydrogens (tertiary/aromatic N) is 1. The maximum atomic E-state index is 12.4. The van der Waals surface area contributed by atoms with E-state index in [2.05, 4.69) is 0 Å². The molecule has 2 rings (SSSR count). The van der Waals surface area contributed by atoms with E-state index in [1.807, 2.05) is 6.07 Å². The van der Waals surface area contributed by atoms with Crippen molar-refractivity contribution in [1.82, 2.24) is 0 Å². The normalized spacial score (nSPS) is 15.3. The molecule has 5 nitrogen and oxygen atoms in total. The molecule has 1 aromatic rings. The first-order valence-electron chi connectivity index (χ1n) is 6.06. The minimum atomic E-state index is -3.30. The summed E-state index contributed by atoms with van der Waals surface area (Å²) in [6.07, 6.45) is 0.500. The van der Waals surface area contributed by atoms with E-state index < -0.39 is 10.0 Å². The summed E-state index contributed by atoms with van der Waals surface area (Å²) in [4.78, 5) is 0.968. The summed E-state index contributed by atoms with van der Waals surface area (Å²) in [6, 6.07) is 5.41. The van der Waals surface area contributed by atoms with E-state index >= 15 is 0 Å². The molecule has 106 valence electrons. The molecule has 1 aliphatic heterocycles. The van der Waals surface area contributed by atoms with Gasteiger partial charge in [-0.05, 0) is 24.6 Å². The van der Waals surface area contributed by atoms with Crippen molar-refractivity contribution in [3.63, 3.8) is 0 Å². The Balaban J connectivity index is 2.25. The molecule has 0 unspecified atom stereocenters. The smallest absolute Gasteiger partial charge is 0.235 e. The van der Waals surface area contributed by atoms with E-state index in [0.717, 1.165) is 10.6 Å². The summed E-state index contributed by atoms with van der Waals surface area (Å²) in [5.41, 5.74) is 7.04. The van der Waals surface area contributed by atoms with Gasteiger partial charge in [-0.1, -0.05) is 0 Å². The van der Waals surface area contributed by atoms with E-state index in [9.17, 15) is 8.42 Å². The average Bonchev–Trinajstić information content (AvgIpc) is 2.38. The molecule has 19 heavy (non-hydrogen) atoms. The van der Waals surface area contributed by atoms with Gasteiger partial charge in [-0.3, -0.25) is 4.31 Å². The quantitative estimate of drug-likeness (QED) is 0.660. The Bertz CT molecular complexity index is 546. The average molecular weight is 302 g/mol. The van der Waals surface area contributed by atoms with Crippen molar-refractivity contribution in [3.8, 4) is 0 Å². The number of anilines is 2. The molecule has 1 aliphatic rings. The molecule has 0 spiro atoms. The Kier molecular flexibility index (Phi) is 4.59. The highest BCUT2D eigenvalue weighted by Gasteiger charge is 2.27. The van der Waals surface area contributed by atoms with E-state index in [-0.39, 0.29) is 5.75 Å². The van der Waals surface area contributed by atoms with E-state index in [1.165, 1.54) is 4.31 Å². The van der Waals surface area contributed by atoms with Crippen LogP contribution in [0.1, 0.15) is 6.42 Å². The maximum Gasteiger partial charge on any atom is 0.235 e. The SMILES string of the molecule is COCCCS(=O)(=O)N1CCSc2ccc(N)cc21. The van der Waals surface area contributed by atoms with Gasteiger partial charge in [0, 0.05) is 36.6 Å². The summed E-state index contributed by atoms with van der Waals surface area (Å²) >= 11 is 1.66. The van der Waals surface area contributed by atoms with Gasteiger partial charge in [0.15, 0.2) is 0 Å². The number of nitrogen functional groups attached to an aromatic ring is 1. The van der Waals surface area contributed by atoms with Crippen LogP contribution in [-0.2, 0) is 14.8 Å². The van der Waals surface area contributed by atoms with Gasteiger partial charge in [-0.15, -0.1) is 11.8 Å².